The Bertz CT molecular complexity index is 703. The van der Waals surface area contributed by atoms with Crippen LogP contribution in [0.2, 0.25) is 0 Å². The van der Waals surface area contributed by atoms with Crippen molar-refractivity contribution in [1.82, 2.24) is 15.1 Å². The van der Waals surface area contributed by atoms with Gasteiger partial charge in [-0.1, -0.05) is 0 Å². The van der Waals surface area contributed by atoms with Gasteiger partial charge in [-0.2, -0.15) is 5.10 Å². The van der Waals surface area contributed by atoms with E-state index in [0.717, 1.165) is 32.5 Å². The predicted molar refractivity (Wildman–Crippen MR) is 75.5 cm³/mol. The molecule has 3 aliphatic rings. The number of halogens is 1. The van der Waals surface area contributed by atoms with Gasteiger partial charge in [-0.25, -0.2) is 4.39 Å². The molecule has 0 amide bonds. The van der Waals surface area contributed by atoms with Crippen molar-refractivity contribution in [2.75, 3.05) is 19.6 Å². The van der Waals surface area contributed by atoms with E-state index >= 15 is 0 Å². The van der Waals surface area contributed by atoms with Gasteiger partial charge in [-0.05, 0) is 50.0 Å². The van der Waals surface area contributed by atoms with E-state index in [9.17, 15) is 9.50 Å². The lowest BCUT2D eigenvalue weighted by molar-refractivity contribution is -0.214. The first-order chi connectivity index (χ1) is 10.2. The fourth-order valence-electron chi connectivity index (χ4n) is 3.44. The van der Waals surface area contributed by atoms with E-state index in [1.165, 1.54) is 12.1 Å². The van der Waals surface area contributed by atoms with Crippen LogP contribution >= 0.6 is 0 Å². The van der Waals surface area contributed by atoms with Gasteiger partial charge in [-0.15, -0.1) is 0 Å². The molecule has 1 aromatic carbocycles. The standard InChI is InChI=1S/C15H17FN4O/c16-10-1-2-12-11(7-10)14(19-18-12)15(21)17-13-8-20-5-3-9(13)4-6-20/h1-2,7,9,13H,3-6,8H2,(H,17,21)(H,18,19)/p-1. The molecular formula is C15H16FN4O-. The predicted octanol–water partition coefficient (Wildman–Crippen LogP) is 0.903. The highest BCUT2D eigenvalue weighted by atomic mass is 19.1. The molecule has 0 radical (unpaired) electrons. The molecule has 5 rings (SSSR count). The molecule has 1 N–H and O–H groups in total. The SMILES string of the molecule is [O-]C(=NC1CN2CCC1CC2)c1n[nH]c2ccc(F)cc12. The van der Waals surface area contributed by atoms with Crippen LogP contribution in [0.5, 0.6) is 0 Å². The van der Waals surface area contributed by atoms with Crippen molar-refractivity contribution in [3.8, 4) is 0 Å². The Hall–Kier alpha value is -1.95. The van der Waals surface area contributed by atoms with Crippen molar-refractivity contribution in [2.24, 2.45) is 10.9 Å². The summed E-state index contributed by atoms with van der Waals surface area (Å²) in [6.45, 7) is 3.08. The Morgan fingerprint density at radius 1 is 1.38 bits per heavy atom. The van der Waals surface area contributed by atoms with Crippen LogP contribution in [0.15, 0.2) is 23.2 Å². The summed E-state index contributed by atoms with van der Waals surface area (Å²) in [6.07, 6.45) is 2.22. The first kappa shape index (κ1) is 12.8. The molecule has 6 heteroatoms. The molecule has 21 heavy (non-hydrogen) atoms. The van der Waals surface area contributed by atoms with Crippen molar-refractivity contribution in [2.45, 2.75) is 18.9 Å². The van der Waals surface area contributed by atoms with Crippen LogP contribution in [0, 0.1) is 11.7 Å². The topological polar surface area (TPSA) is 67.3 Å². The van der Waals surface area contributed by atoms with Gasteiger partial charge in [-0.3, -0.25) is 10.1 Å². The summed E-state index contributed by atoms with van der Waals surface area (Å²) in [7, 11) is 0. The Labute approximate surface area is 121 Å². The average Bonchev–Trinajstić information content (AvgIpc) is 2.91. The van der Waals surface area contributed by atoms with Crippen molar-refractivity contribution in [1.29, 1.82) is 0 Å². The Balaban J connectivity index is 1.68. The van der Waals surface area contributed by atoms with Crippen LogP contribution in [0.1, 0.15) is 18.5 Å². The summed E-state index contributed by atoms with van der Waals surface area (Å²) in [5.41, 5.74) is 0.879. The third-order valence-electron chi connectivity index (χ3n) is 4.63. The van der Waals surface area contributed by atoms with E-state index in [1.54, 1.807) is 6.07 Å². The molecule has 1 unspecified atom stereocenters. The molecule has 4 heterocycles. The maximum Gasteiger partial charge on any atom is 0.124 e. The number of aromatic amines is 1. The third-order valence-corrected chi connectivity index (χ3v) is 4.63. The summed E-state index contributed by atoms with van der Waals surface area (Å²) < 4.78 is 13.3. The van der Waals surface area contributed by atoms with Gasteiger partial charge in [0, 0.05) is 17.8 Å². The lowest BCUT2D eigenvalue weighted by Crippen LogP contribution is -2.50. The molecule has 1 atom stereocenters. The second kappa shape index (κ2) is 4.80. The largest absolute Gasteiger partial charge is 0.857 e. The summed E-state index contributed by atoms with van der Waals surface area (Å²) in [5.74, 6) is -0.215. The van der Waals surface area contributed by atoms with Crippen molar-refractivity contribution >= 4 is 16.8 Å². The Morgan fingerprint density at radius 3 is 2.90 bits per heavy atom. The normalized spacial score (nSPS) is 29.2. The van der Waals surface area contributed by atoms with E-state index in [2.05, 4.69) is 20.1 Å². The number of fused-ring (bicyclic) bond motifs is 4. The van der Waals surface area contributed by atoms with Crippen molar-refractivity contribution in [3.05, 3.63) is 29.7 Å². The minimum Gasteiger partial charge on any atom is -0.857 e. The van der Waals surface area contributed by atoms with E-state index in [4.69, 9.17) is 0 Å². The fraction of sp³-hybridized carbons (Fsp3) is 0.467. The zero-order valence-electron chi connectivity index (χ0n) is 11.6. The molecule has 2 bridgehead atoms. The smallest absolute Gasteiger partial charge is 0.124 e. The van der Waals surface area contributed by atoms with E-state index in [-0.39, 0.29) is 23.5 Å². The fourth-order valence-corrected chi connectivity index (χ4v) is 3.44. The number of piperidine rings is 3. The molecule has 110 valence electrons. The second-order valence-electron chi connectivity index (χ2n) is 5.90. The number of aromatic nitrogens is 2. The number of benzene rings is 1. The van der Waals surface area contributed by atoms with Gasteiger partial charge in [0.15, 0.2) is 0 Å². The highest BCUT2D eigenvalue weighted by Crippen LogP contribution is 2.30. The molecule has 0 saturated carbocycles. The van der Waals surface area contributed by atoms with Gasteiger partial charge >= 0.3 is 0 Å². The molecule has 1 aromatic heterocycles. The number of hydrogen-bond donors (Lipinski definition) is 1. The quantitative estimate of drug-likeness (QED) is 0.659. The van der Waals surface area contributed by atoms with Crippen LogP contribution in [0.4, 0.5) is 4.39 Å². The number of rotatable bonds is 2. The molecule has 3 aliphatic heterocycles. The first-order valence-electron chi connectivity index (χ1n) is 7.32. The second-order valence-corrected chi connectivity index (χ2v) is 5.90. The average molecular weight is 287 g/mol. The minimum absolute atomic E-state index is 0.0558. The summed E-state index contributed by atoms with van der Waals surface area (Å²) >= 11 is 0. The van der Waals surface area contributed by atoms with Gasteiger partial charge in [0.05, 0.1) is 11.6 Å². The number of nitrogens with one attached hydrogen (secondary N) is 1. The van der Waals surface area contributed by atoms with Crippen LogP contribution < -0.4 is 5.11 Å². The van der Waals surface area contributed by atoms with E-state index < -0.39 is 0 Å². The number of nitrogens with zero attached hydrogens (tertiary/aromatic N) is 3. The van der Waals surface area contributed by atoms with Gasteiger partial charge in [0.1, 0.15) is 11.5 Å². The molecule has 0 aliphatic carbocycles. The molecule has 3 saturated heterocycles. The zero-order chi connectivity index (χ0) is 14.4. The van der Waals surface area contributed by atoms with Crippen LogP contribution in [0.3, 0.4) is 0 Å². The minimum atomic E-state index is -0.374. The highest BCUT2D eigenvalue weighted by molar-refractivity contribution is 6.02. The Kier molecular flexibility index (Phi) is 2.92. The Morgan fingerprint density at radius 2 is 2.19 bits per heavy atom. The molecule has 5 nitrogen and oxygen atoms in total. The summed E-state index contributed by atoms with van der Waals surface area (Å²) in [6, 6.07) is 4.32. The molecule has 2 aromatic rings. The molecular weight excluding hydrogens is 271 g/mol. The van der Waals surface area contributed by atoms with Gasteiger partial charge in [0.25, 0.3) is 0 Å². The maximum absolute atomic E-state index is 13.3. The lowest BCUT2D eigenvalue weighted by atomic mass is 9.84. The van der Waals surface area contributed by atoms with Crippen LogP contribution in [-0.2, 0) is 0 Å². The summed E-state index contributed by atoms with van der Waals surface area (Å²) in [4.78, 5) is 6.71. The maximum atomic E-state index is 13.3. The highest BCUT2D eigenvalue weighted by Gasteiger charge is 2.33. The number of aliphatic imine (C=N–C) groups is 1. The lowest BCUT2D eigenvalue weighted by Gasteiger charge is -2.43. The van der Waals surface area contributed by atoms with Crippen molar-refractivity contribution < 1.29 is 9.50 Å². The monoisotopic (exact) mass is 287 g/mol. The number of H-pyrrole nitrogens is 1. The van der Waals surface area contributed by atoms with Gasteiger partial charge < -0.3 is 10.0 Å². The van der Waals surface area contributed by atoms with Crippen molar-refractivity contribution in [3.63, 3.8) is 0 Å². The van der Waals surface area contributed by atoms with Crippen LogP contribution in [0.25, 0.3) is 10.9 Å². The van der Waals surface area contributed by atoms with E-state index in [1.807, 2.05) is 0 Å². The number of hydrogen-bond acceptors (Lipinski definition) is 4. The summed E-state index contributed by atoms with van der Waals surface area (Å²) in [5, 5.41) is 19.7. The van der Waals surface area contributed by atoms with Gasteiger partial charge in [0.2, 0.25) is 0 Å². The molecule has 0 spiro atoms. The zero-order valence-corrected chi connectivity index (χ0v) is 11.6. The van der Waals surface area contributed by atoms with Crippen LogP contribution in [-0.4, -0.2) is 46.7 Å². The molecule has 3 fully saturated rings. The third kappa shape index (κ3) is 2.19. The first-order valence-corrected chi connectivity index (χ1v) is 7.32. The van der Waals surface area contributed by atoms with E-state index in [0.29, 0.717) is 16.8 Å².